The Hall–Kier alpha value is -0.170. The van der Waals surface area contributed by atoms with Crippen LogP contribution in [0.4, 0.5) is 0 Å². The van der Waals surface area contributed by atoms with Gasteiger partial charge in [-0.15, -0.1) is 24.8 Å². The molecule has 0 aliphatic carbocycles. The molecule has 0 heterocycles. The second kappa shape index (κ2) is 11.3. The van der Waals surface area contributed by atoms with Gasteiger partial charge in [-0.25, -0.2) is 0 Å². The summed E-state index contributed by atoms with van der Waals surface area (Å²) in [6.07, 6.45) is 0. The lowest BCUT2D eigenvalue weighted by atomic mass is 10.4. The van der Waals surface area contributed by atoms with E-state index in [1.54, 1.807) is 6.92 Å². The van der Waals surface area contributed by atoms with Crippen molar-refractivity contribution in [2.45, 2.75) is 25.9 Å². The van der Waals surface area contributed by atoms with E-state index in [1.165, 1.54) is 11.8 Å². The number of thioether (sulfide) groups is 1. The lowest BCUT2D eigenvalue weighted by Gasteiger charge is -2.08. The van der Waals surface area contributed by atoms with Crippen LogP contribution in [0, 0.1) is 0 Å². The van der Waals surface area contributed by atoms with Gasteiger partial charge < -0.3 is 16.6 Å². The summed E-state index contributed by atoms with van der Waals surface area (Å²) in [5.74, 6) is 0.707. The molecule has 0 saturated carbocycles. The van der Waals surface area contributed by atoms with E-state index in [4.69, 9.17) is 16.6 Å². The highest BCUT2D eigenvalue weighted by atomic mass is 35.5. The Balaban J connectivity index is -0.000000845. The zero-order valence-electron chi connectivity index (χ0n) is 9.25. The fourth-order valence-corrected chi connectivity index (χ4v) is 1.77. The number of carbonyl (C=O) groups is 1. The summed E-state index contributed by atoms with van der Waals surface area (Å²) in [7, 11) is 0. The lowest BCUT2D eigenvalue weighted by Crippen LogP contribution is -2.32. The molecule has 0 rings (SSSR count). The zero-order chi connectivity index (χ0) is 11.1. The Kier molecular flexibility index (Phi) is 15.0. The van der Waals surface area contributed by atoms with Crippen molar-refractivity contribution in [1.82, 2.24) is 0 Å². The van der Waals surface area contributed by atoms with Crippen molar-refractivity contribution < 1.29 is 9.90 Å². The Morgan fingerprint density at radius 1 is 1.44 bits per heavy atom. The van der Waals surface area contributed by atoms with Crippen molar-refractivity contribution in [3.63, 3.8) is 0 Å². The molecule has 0 aromatic rings. The fourth-order valence-electron chi connectivity index (χ4n) is 0.822. The second-order valence-corrected chi connectivity index (χ2v) is 4.18. The maximum absolute atomic E-state index is 10.4. The molecule has 0 amide bonds. The van der Waals surface area contributed by atoms with Crippen molar-refractivity contribution in [2.75, 3.05) is 11.5 Å². The lowest BCUT2D eigenvalue weighted by molar-refractivity contribution is -0.137. The van der Waals surface area contributed by atoms with Crippen molar-refractivity contribution in [1.29, 1.82) is 0 Å². The van der Waals surface area contributed by atoms with Crippen LogP contribution in [0.1, 0.15) is 13.8 Å². The highest BCUT2D eigenvalue weighted by Crippen LogP contribution is 2.06. The summed E-state index contributed by atoms with van der Waals surface area (Å²) in [5.41, 5.74) is 10.7. The molecular weight excluding hydrogens is 273 g/mol. The number of hydrogen-bond donors (Lipinski definition) is 3. The van der Waals surface area contributed by atoms with Crippen LogP contribution in [-0.2, 0) is 4.79 Å². The van der Waals surface area contributed by atoms with Crippen LogP contribution < -0.4 is 11.5 Å². The Morgan fingerprint density at radius 2 is 1.94 bits per heavy atom. The van der Waals surface area contributed by atoms with Gasteiger partial charge in [0.15, 0.2) is 0 Å². The van der Waals surface area contributed by atoms with E-state index in [0.29, 0.717) is 11.6 Å². The SMILES string of the molecule is CC(N)=N[C@H](C)CSC[C@H](N)C(=O)O.Cl.Cl. The topological polar surface area (TPSA) is 102 Å². The quantitative estimate of drug-likeness (QED) is 0.495. The molecule has 0 aliphatic rings. The van der Waals surface area contributed by atoms with Gasteiger partial charge in [0.25, 0.3) is 0 Å². The first-order chi connectivity index (χ1) is 6.43. The number of carboxylic acids is 1. The van der Waals surface area contributed by atoms with Crippen LogP contribution in [0.25, 0.3) is 0 Å². The number of amidine groups is 1. The molecule has 2 atom stereocenters. The van der Waals surface area contributed by atoms with Gasteiger partial charge in [0.2, 0.25) is 0 Å². The number of aliphatic imine (C=N–C) groups is 1. The standard InChI is InChI=1S/C8H17N3O2S.2ClH/c1-5(11-6(2)9)3-14-4-7(10)8(12)13;;/h5,7H,3-4,10H2,1-2H3,(H2,9,11)(H,12,13);2*1H/t5-,7+;;/m1../s1. The zero-order valence-corrected chi connectivity index (χ0v) is 11.7. The molecule has 5 N–H and O–H groups in total. The van der Waals surface area contributed by atoms with E-state index in [-0.39, 0.29) is 30.9 Å². The van der Waals surface area contributed by atoms with Gasteiger partial charge in [0, 0.05) is 11.5 Å². The smallest absolute Gasteiger partial charge is 0.321 e. The van der Waals surface area contributed by atoms with E-state index in [0.717, 1.165) is 5.75 Å². The molecule has 98 valence electrons. The molecule has 0 saturated heterocycles. The number of carboxylic acid groups (broad SMARTS) is 1. The average Bonchev–Trinajstić information content (AvgIpc) is 2.02. The molecule has 8 heteroatoms. The fraction of sp³-hybridized carbons (Fsp3) is 0.750. The molecule has 0 fully saturated rings. The van der Waals surface area contributed by atoms with Gasteiger partial charge in [-0.1, -0.05) is 0 Å². The summed E-state index contributed by atoms with van der Waals surface area (Å²) in [5, 5.41) is 8.51. The molecule has 16 heavy (non-hydrogen) atoms. The maximum Gasteiger partial charge on any atom is 0.321 e. The van der Waals surface area contributed by atoms with Crippen molar-refractivity contribution in [3.05, 3.63) is 0 Å². The maximum atomic E-state index is 10.4. The van der Waals surface area contributed by atoms with Crippen LogP contribution in [0.3, 0.4) is 0 Å². The van der Waals surface area contributed by atoms with Gasteiger partial charge in [0.1, 0.15) is 6.04 Å². The molecule has 0 unspecified atom stereocenters. The summed E-state index contributed by atoms with van der Waals surface area (Å²) in [4.78, 5) is 14.5. The highest BCUT2D eigenvalue weighted by Gasteiger charge is 2.11. The minimum Gasteiger partial charge on any atom is -0.480 e. The molecule has 0 radical (unpaired) electrons. The molecular formula is C8H19Cl2N3O2S. The summed E-state index contributed by atoms with van der Waals surface area (Å²) in [6, 6.07) is -0.693. The van der Waals surface area contributed by atoms with Crippen LogP contribution in [0.2, 0.25) is 0 Å². The van der Waals surface area contributed by atoms with Gasteiger partial charge in [0.05, 0.1) is 11.9 Å². The predicted molar refractivity (Wildman–Crippen MR) is 74.2 cm³/mol. The molecule has 0 spiro atoms. The summed E-state index contributed by atoms with van der Waals surface area (Å²) >= 11 is 1.47. The van der Waals surface area contributed by atoms with Crippen molar-refractivity contribution in [2.24, 2.45) is 16.5 Å². The number of nitrogens with zero attached hydrogens (tertiary/aromatic N) is 1. The first-order valence-electron chi connectivity index (χ1n) is 4.29. The van der Waals surface area contributed by atoms with E-state index in [9.17, 15) is 4.79 Å². The third kappa shape index (κ3) is 11.9. The van der Waals surface area contributed by atoms with Gasteiger partial charge >= 0.3 is 5.97 Å². The Labute approximate surface area is 112 Å². The predicted octanol–water partition coefficient (Wildman–Crippen LogP) is 0.741. The molecule has 0 bridgehead atoms. The number of hydrogen-bond acceptors (Lipinski definition) is 4. The largest absolute Gasteiger partial charge is 0.480 e. The van der Waals surface area contributed by atoms with Gasteiger partial charge in [-0.3, -0.25) is 9.79 Å². The third-order valence-corrected chi connectivity index (χ3v) is 2.71. The second-order valence-electron chi connectivity index (χ2n) is 3.10. The normalized spacial score (nSPS) is 14.3. The molecule has 0 aromatic heterocycles. The first kappa shape index (κ1) is 21.1. The number of halogens is 2. The summed E-state index contributed by atoms with van der Waals surface area (Å²) in [6.45, 7) is 3.65. The first-order valence-corrected chi connectivity index (χ1v) is 5.45. The van der Waals surface area contributed by atoms with Gasteiger partial charge in [-0.2, -0.15) is 11.8 Å². The van der Waals surface area contributed by atoms with E-state index >= 15 is 0 Å². The van der Waals surface area contributed by atoms with Crippen LogP contribution in [-0.4, -0.2) is 40.5 Å². The van der Waals surface area contributed by atoms with Crippen LogP contribution in [0.5, 0.6) is 0 Å². The average molecular weight is 292 g/mol. The van der Waals surface area contributed by atoms with E-state index in [2.05, 4.69) is 4.99 Å². The number of nitrogens with two attached hydrogens (primary N) is 2. The minimum atomic E-state index is -0.969. The number of aliphatic carboxylic acids is 1. The third-order valence-electron chi connectivity index (χ3n) is 1.40. The Morgan fingerprint density at radius 3 is 2.31 bits per heavy atom. The molecule has 5 nitrogen and oxygen atoms in total. The number of rotatable bonds is 6. The molecule has 0 aliphatic heterocycles. The van der Waals surface area contributed by atoms with Crippen molar-refractivity contribution in [3.8, 4) is 0 Å². The van der Waals surface area contributed by atoms with Crippen LogP contribution >= 0.6 is 36.6 Å². The molecule has 0 aromatic carbocycles. The highest BCUT2D eigenvalue weighted by molar-refractivity contribution is 7.99. The minimum absolute atomic E-state index is 0. The van der Waals surface area contributed by atoms with E-state index in [1.807, 2.05) is 6.92 Å². The Bertz CT molecular complexity index is 225. The summed E-state index contributed by atoms with van der Waals surface area (Å²) < 4.78 is 0. The monoisotopic (exact) mass is 291 g/mol. The van der Waals surface area contributed by atoms with Crippen LogP contribution in [0.15, 0.2) is 4.99 Å². The van der Waals surface area contributed by atoms with Gasteiger partial charge in [-0.05, 0) is 13.8 Å². The van der Waals surface area contributed by atoms with E-state index < -0.39 is 12.0 Å². The van der Waals surface area contributed by atoms with Crippen molar-refractivity contribution >= 4 is 48.4 Å².